The van der Waals surface area contributed by atoms with E-state index in [9.17, 15) is 18.0 Å². The number of nitrogens with zero attached hydrogens (tertiary/aromatic N) is 2. The van der Waals surface area contributed by atoms with Gasteiger partial charge in [0.25, 0.3) is 0 Å². The van der Waals surface area contributed by atoms with E-state index in [0.29, 0.717) is 30.4 Å². The maximum atomic E-state index is 12.7. The lowest BCUT2D eigenvalue weighted by atomic mass is 10.1. The van der Waals surface area contributed by atoms with Crippen LogP contribution in [0.5, 0.6) is 0 Å². The molecule has 0 N–H and O–H groups in total. The Bertz CT molecular complexity index is 795. The van der Waals surface area contributed by atoms with Crippen LogP contribution in [0.1, 0.15) is 26.9 Å². The molecule has 5 nitrogen and oxygen atoms in total. The van der Waals surface area contributed by atoms with Gasteiger partial charge in [-0.25, -0.2) is 9.78 Å². The first kappa shape index (κ1) is 18.9. The molecule has 0 spiro atoms. The number of rotatable bonds is 3. The van der Waals surface area contributed by atoms with Gasteiger partial charge in [-0.15, -0.1) is 0 Å². The van der Waals surface area contributed by atoms with Gasteiger partial charge in [-0.2, -0.15) is 13.2 Å². The average Bonchev–Trinajstić information content (AvgIpc) is 3.02. The summed E-state index contributed by atoms with van der Waals surface area (Å²) in [5, 5.41) is 0.602. The number of esters is 1. The number of hydrogen-bond acceptors (Lipinski definition) is 6. The van der Waals surface area contributed by atoms with Gasteiger partial charge in [-0.05, 0) is 17.7 Å². The maximum absolute atomic E-state index is 12.7. The minimum Gasteiger partial charge on any atom is -0.465 e. The highest BCUT2D eigenvalue weighted by atomic mass is 35.5. The fraction of sp³-hybridized carbons (Fsp3) is 0.375. The third kappa shape index (κ3) is 3.94. The van der Waals surface area contributed by atoms with Crippen molar-refractivity contribution in [1.29, 1.82) is 0 Å². The van der Waals surface area contributed by atoms with Crippen molar-refractivity contribution in [2.45, 2.75) is 12.3 Å². The van der Waals surface area contributed by atoms with Crippen LogP contribution in [-0.2, 0) is 15.7 Å². The Labute approximate surface area is 156 Å². The summed E-state index contributed by atoms with van der Waals surface area (Å²) in [5.74, 6) is -0.564. The molecule has 2 heterocycles. The first-order valence-corrected chi connectivity index (χ1v) is 8.77. The number of halogens is 4. The molecule has 140 valence electrons. The first-order valence-electron chi connectivity index (χ1n) is 7.58. The van der Waals surface area contributed by atoms with Crippen LogP contribution in [0.25, 0.3) is 0 Å². The predicted octanol–water partition coefficient (Wildman–Crippen LogP) is 4.18. The number of carbonyl (C=O) groups is 1. The molecule has 1 fully saturated rings. The van der Waals surface area contributed by atoms with Gasteiger partial charge in [0.15, 0.2) is 15.2 Å². The Morgan fingerprint density at radius 2 is 2.08 bits per heavy atom. The van der Waals surface area contributed by atoms with Crippen LogP contribution >= 0.6 is 22.9 Å². The lowest BCUT2D eigenvalue weighted by molar-refractivity contribution is -0.137. The first-order chi connectivity index (χ1) is 12.3. The SMILES string of the molecule is COC(=O)c1sc(N2CCOC(c3ccc(C(F)(F)F)cc3)C2)nc1Cl. The smallest absolute Gasteiger partial charge is 0.416 e. The molecule has 1 atom stereocenters. The summed E-state index contributed by atoms with van der Waals surface area (Å²) in [6, 6.07) is 4.89. The molecule has 1 aromatic heterocycles. The zero-order chi connectivity index (χ0) is 18.9. The van der Waals surface area contributed by atoms with Crippen LogP contribution in [0.2, 0.25) is 5.15 Å². The predicted molar refractivity (Wildman–Crippen MR) is 90.8 cm³/mol. The van der Waals surface area contributed by atoms with E-state index in [0.717, 1.165) is 23.5 Å². The fourth-order valence-electron chi connectivity index (χ4n) is 2.56. The van der Waals surface area contributed by atoms with Gasteiger partial charge in [-0.1, -0.05) is 35.1 Å². The van der Waals surface area contributed by atoms with E-state index in [2.05, 4.69) is 9.72 Å². The van der Waals surface area contributed by atoms with Crippen LogP contribution in [-0.4, -0.2) is 37.8 Å². The van der Waals surface area contributed by atoms with Crippen LogP contribution in [0, 0.1) is 0 Å². The largest absolute Gasteiger partial charge is 0.465 e. The van der Waals surface area contributed by atoms with Crippen molar-refractivity contribution in [3.63, 3.8) is 0 Å². The molecule has 0 aliphatic carbocycles. The highest BCUT2D eigenvalue weighted by Crippen LogP contribution is 2.34. The number of aromatic nitrogens is 1. The normalized spacial score (nSPS) is 18.0. The van der Waals surface area contributed by atoms with E-state index in [-0.39, 0.29) is 10.0 Å². The van der Waals surface area contributed by atoms with Crippen LogP contribution in [0.4, 0.5) is 18.3 Å². The molecule has 3 rings (SSSR count). The van der Waals surface area contributed by atoms with Gasteiger partial charge in [0.2, 0.25) is 0 Å². The maximum Gasteiger partial charge on any atom is 0.416 e. The van der Waals surface area contributed by atoms with Gasteiger partial charge in [0, 0.05) is 6.54 Å². The molecule has 0 amide bonds. The van der Waals surface area contributed by atoms with Crippen molar-refractivity contribution in [3.8, 4) is 0 Å². The molecule has 26 heavy (non-hydrogen) atoms. The zero-order valence-corrected chi connectivity index (χ0v) is 15.1. The Morgan fingerprint density at radius 3 is 2.69 bits per heavy atom. The second kappa shape index (κ2) is 7.42. The van der Waals surface area contributed by atoms with Crippen molar-refractivity contribution >= 4 is 34.0 Å². The van der Waals surface area contributed by atoms with E-state index >= 15 is 0 Å². The number of alkyl halides is 3. The molecule has 1 aliphatic rings. The second-order valence-corrected chi connectivity index (χ2v) is 6.87. The average molecular weight is 407 g/mol. The van der Waals surface area contributed by atoms with Gasteiger partial charge < -0.3 is 14.4 Å². The van der Waals surface area contributed by atoms with E-state index in [4.69, 9.17) is 16.3 Å². The summed E-state index contributed by atoms with van der Waals surface area (Å²) >= 11 is 7.09. The number of carbonyl (C=O) groups excluding carboxylic acids is 1. The Morgan fingerprint density at radius 1 is 1.38 bits per heavy atom. The van der Waals surface area contributed by atoms with Crippen molar-refractivity contribution in [2.24, 2.45) is 0 Å². The van der Waals surface area contributed by atoms with E-state index in [1.807, 2.05) is 4.90 Å². The van der Waals surface area contributed by atoms with Crippen LogP contribution in [0.15, 0.2) is 24.3 Å². The summed E-state index contributed by atoms with van der Waals surface area (Å²) in [7, 11) is 1.26. The van der Waals surface area contributed by atoms with Crippen molar-refractivity contribution < 1.29 is 27.4 Å². The lowest BCUT2D eigenvalue weighted by Crippen LogP contribution is -2.38. The molecule has 0 saturated carbocycles. The Hall–Kier alpha value is -1.84. The molecular weight excluding hydrogens is 393 g/mol. The number of thiazole rings is 1. The fourth-order valence-corrected chi connectivity index (χ4v) is 3.79. The molecule has 1 aliphatic heterocycles. The minimum atomic E-state index is -4.38. The van der Waals surface area contributed by atoms with Crippen LogP contribution in [0.3, 0.4) is 0 Å². The third-order valence-electron chi connectivity index (χ3n) is 3.89. The lowest BCUT2D eigenvalue weighted by Gasteiger charge is -2.33. The molecule has 10 heteroatoms. The minimum absolute atomic E-state index is 0.0643. The third-order valence-corrected chi connectivity index (χ3v) is 5.37. The highest BCUT2D eigenvalue weighted by Gasteiger charge is 2.31. The number of methoxy groups -OCH3 is 1. The zero-order valence-electron chi connectivity index (χ0n) is 13.5. The second-order valence-electron chi connectivity index (χ2n) is 5.53. The molecule has 0 bridgehead atoms. The van der Waals surface area contributed by atoms with Crippen molar-refractivity contribution in [3.05, 3.63) is 45.4 Å². The summed E-state index contributed by atoms with van der Waals surface area (Å²) in [5.41, 5.74) is -0.0677. The quantitative estimate of drug-likeness (QED) is 0.716. The summed E-state index contributed by atoms with van der Waals surface area (Å²) in [6.45, 7) is 1.29. The van der Waals surface area contributed by atoms with Crippen LogP contribution < -0.4 is 4.90 Å². The monoisotopic (exact) mass is 406 g/mol. The molecule has 1 aromatic carbocycles. The highest BCUT2D eigenvalue weighted by molar-refractivity contribution is 7.18. The topological polar surface area (TPSA) is 51.7 Å². The summed E-state index contributed by atoms with van der Waals surface area (Å²) < 4.78 is 48.4. The van der Waals surface area contributed by atoms with Gasteiger partial charge in [0.05, 0.1) is 25.8 Å². The number of anilines is 1. The van der Waals surface area contributed by atoms with Crippen molar-refractivity contribution in [2.75, 3.05) is 31.7 Å². The molecule has 1 saturated heterocycles. The number of morpholine rings is 1. The summed E-state index contributed by atoms with van der Waals surface area (Å²) in [4.78, 5) is 17.9. The molecule has 2 aromatic rings. The van der Waals surface area contributed by atoms with E-state index in [1.54, 1.807) is 0 Å². The van der Waals surface area contributed by atoms with Gasteiger partial charge in [0.1, 0.15) is 6.10 Å². The standard InChI is InChI=1S/C16H14ClF3N2O3S/c1-24-14(23)12-13(17)21-15(26-12)22-6-7-25-11(8-22)9-2-4-10(5-3-9)16(18,19)20/h2-5,11H,6-8H2,1H3. The van der Waals surface area contributed by atoms with Crippen molar-refractivity contribution in [1.82, 2.24) is 4.98 Å². The number of benzene rings is 1. The Kier molecular flexibility index (Phi) is 5.40. The molecular formula is C16H14ClF3N2O3S. The van der Waals surface area contributed by atoms with E-state index in [1.165, 1.54) is 19.2 Å². The number of hydrogen-bond donors (Lipinski definition) is 0. The van der Waals surface area contributed by atoms with Gasteiger partial charge in [-0.3, -0.25) is 0 Å². The van der Waals surface area contributed by atoms with Gasteiger partial charge >= 0.3 is 12.1 Å². The number of ether oxygens (including phenoxy) is 2. The molecule has 1 unspecified atom stereocenters. The Balaban J connectivity index is 1.76. The summed E-state index contributed by atoms with van der Waals surface area (Å²) in [6.07, 6.45) is -4.78. The molecule has 0 radical (unpaired) electrons. The van der Waals surface area contributed by atoms with E-state index < -0.39 is 23.8 Å².